The Kier molecular flexibility index (Phi) is 5.96. The Labute approximate surface area is 168 Å². The first kappa shape index (κ1) is 19.5. The van der Waals surface area contributed by atoms with E-state index in [-0.39, 0.29) is 11.8 Å². The zero-order valence-corrected chi connectivity index (χ0v) is 16.2. The minimum Gasteiger partial charge on any atom is -0.497 e. The van der Waals surface area contributed by atoms with Gasteiger partial charge in [0.1, 0.15) is 5.75 Å². The molecule has 3 aromatic rings. The van der Waals surface area contributed by atoms with Crippen LogP contribution in [-0.2, 0) is 0 Å². The highest BCUT2D eigenvalue weighted by Crippen LogP contribution is 2.21. The number of methoxy groups -OCH3 is 1. The van der Waals surface area contributed by atoms with Crippen molar-refractivity contribution in [1.82, 2.24) is 0 Å². The standard InChI is InChI=1S/C22H19ClN2O3/c1-14-6-11-18(13-20(14)23)25-22(27)16-9-7-15(8-10-16)21(26)24-17-4-3-5-19(12-17)28-2/h3-13H,1-2H3,(H,24,26)(H,25,27). The van der Waals surface area contributed by atoms with Gasteiger partial charge in [-0.05, 0) is 61.0 Å². The van der Waals surface area contributed by atoms with E-state index < -0.39 is 0 Å². The normalized spacial score (nSPS) is 10.2. The lowest BCUT2D eigenvalue weighted by Gasteiger charge is -2.09. The van der Waals surface area contributed by atoms with Crippen molar-refractivity contribution in [3.8, 4) is 5.75 Å². The molecular formula is C22H19ClN2O3. The number of rotatable bonds is 5. The van der Waals surface area contributed by atoms with Gasteiger partial charge in [0, 0.05) is 33.6 Å². The zero-order chi connectivity index (χ0) is 20.1. The number of nitrogens with one attached hydrogen (secondary N) is 2. The molecule has 5 nitrogen and oxygen atoms in total. The van der Waals surface area contributed by atoms with Crippen molar-refractivity contribution in [2.24, 2.45) is 0 Å². The predicted octanol–water partition coefficient (Wildman–Crippen LogP) is 5.16. The van der Waals surface area contributed by atoms with Crippen LogP contribution in [0.5, 0.6) is 5.75 Å². The Bertz CT molecular complexity index is 1020. The van der Waals surface area contributed by atoms with Gasteiger partial charge >= 0.3 is 0 Å². The molecule has 0 fully saturated rings. The van der Waals surface area contributed by atoms with Crippen molar-refractivity contribution < 1.29 is 14.3 Å². The molecule has 3 rings (SSSR count). The number of carbonyl (C=O) groups is 2. The molecule has 0 saturated carbocycles. The Morgan fingerprint density at radius 1 is 0.821 bits per heavy atom. The van der Waals surface area contributed by atoms with E-state index in [1.54, 1.807) is 67.8 Å². The average Bonchev–Trinajstić information content (AvgIpc) is 2.71. The van der Waals surface area contributed by atoms with Gasteiger partial charge in [-0.1, -0.05) is 23.7 Å². The first-order valence-corrected chi connectivity index (χ1v) is 8.97. The van der Waals surface area contributed by atoms with Crippen LogP contribution in [0.25, 0.3) is 0 Å². The van der Waals surface area contributed by atoms with Crippen LogP contribution >= 0.6 is 11.6 Å². The van der Waals surface area contributed by atoms with Gasteiger partial charge in [0.15, 0.2) is 0 Å². The number of anilines is 2. The molecule has 0 bridgehead atoms. The van der Waals surface area contributed by atoms with E-state index in [9.17, 15) is 9.59 Å². The maximum absolute atomic E-state index is 12.4. The summed E-state index contributed by atoms with van der Waals surface area (Å²) in [6, 6.07) is 18.8. The molecule has 0 aliphatic carbocycles. The number of halogens is 1. The fraction of sp³-hybridized carbons (Fsp3) is 0.0909. The summed E-state index contributed by atoms with van der Waals surface area (Å²) in [5.41, 5.74) is 3.06. The summed E-state index contributed by atoms with van der Waals surface area (Å²) < 4.78 is 5.14. The third-order valence-corrected chi connectivity index (χ3v) is 4.57. The first-order valence-electron chi connectivity index (χ1n) is 8.59. The monoisotopic (exact) mass is 394 g/mol. The van der Waals surface area contributed by atoms with Gasteiger partial charge in [0.05, 0.1) is 7.11 Å². The molecule has 0 saturated heterocycles. The molecule has 2 N–H and O–H groups in total. The quantitative estimate of drug-likeness (QED) is 0.628. The molecule has 0 aliphatic heterocycles. The molecule has 0 aromatic heterocycles. The summed E-state index contributed by atoms with van der Waals surface area (Å²) in [7, 11) is 1.56. The highest BCUT2D eigenvalue weighted by atomic mass is 35.5. The molecule has 3 aromatic carbocycles. The Hall–Kier alpha value is -3.31. The number of ether oxygens (including phenoxy) is 1. The van der Waals surface area contributed by atoms with E-state index in [0.29, 0.717) is 33.3 Å². The first-order chi connectivity index (χ1) is 13.5. The van der Waals surface area contributed by atoms with Crippen LogP contribution in [0.2, 0.25) is 5.02 Å². The number of amides is 2. The molecule has 142 valence electrons. The van der Waals surface area contributed by atoms with E-state index >= 15 is 0 Å². The lowest BCUT2D eigenvalue weighted by molar-refractivity contribution is 0.101. The van der Waals surface area contributed by atoms with Crippen molar-refractivity contribution in [2.75, 3.05) is 17.7 Å². The van der Waals surface area contributed by atoms with Crippen LogP contribution in [0, 0.1) is 6.92 Å². The van der Waals surface area contributed by atoms with Gasteiger partial charge in [0.2, 0.25) is 0 Å². The maximum atomic E-state index is 12.4. The second kappa shape index (κ2) is 8.59. The Morgan fingerprint density at radius 3 is 1.93 bits per heavy atom. The molecule has 0 atom stereocenters. The topological polar surface area (TPSA) is 67.4 Å². The smallest absolute Gasteiger partial charge is 0.255 e. The molecule has 0 radical (unpaired) electrons. The Balaban J connectivity index is 1.67. The lowest BCUT2D eigenvalue weighted by atomic mass is 10.1. The fourth-order valence-electron chi connectivity index (χ4n) is 2.55. The van der Waals surface area contributed by atoms with Gasteiger partial charge in [-0.2, -0.15) is 0 Å². The van der Waals surface area contributed by atoms with E-state index in [1.807, 2.05) is 13.0 Å². The van der Waals surface area contributed by atoms with Crippen LogP contribution in [-0.4, -0.2) is 18.9 Å². The average molecular weight is 395 g/mol. The highest BCUT2D eigenvalue weighted by molar-refractivity contribution is 6.31. The van der Waals surface area contributed by atoms with Crippen molar-refractivity contribution in [2.45, 2.75) is 6.92 Å². The van der Waals surface area contributed by atoms with Crippen LogP contribution in [0.15, 0.2) is 66.7 Å². The van der Waals surface area contributed by atoms with Gasteiger partial charge < -0.3 is 15.4 Å². The summed E-state index contributed by atoms with van der Waals surface area (Å²) in [4.78, 5) is 24.8. The molecule has 6 heteroatoms. The molecule has 28 heavy (non-hydrogen) atoms. The van der Waals surface area contributed by atoms with E-state index in [1.165, 1.54) is 0 Å². The number of hydrogen-bond donors (Lipinski definition) is 2. The third-order valence-electron chi connectivity index (χ3n) is 4.17. The summed E-state index contributed by atoms with van der Waals surface area (Å²) in [5.74, 6) is 0.103. The van der Waals surface area contributed by atoms with E-state index in [0.717, 1.165) is 5.56 Å². The molecular weight excluding hydrogens is 376 g/mol. The van der Waals surface area contributed by atoms with E-state index in [4.69, 9.17) is 16.3 Å². The van der Waals surface area contributed by atoms with Crippen molar-refractivity contribution >= 4 is 34.8 Å². The van der Waals surface area contributed by atoms with Gasteiger partial charge in [-0.3, -0.25) is 9.59 Å². The number of hydrogen-bond acceptors (Lipinski definition) is 3. The zero-order valence-electron chi connectivity index (χ0n) is 15.5. The molecule has 0 aliphatic rings. The van der Waals surface area contributed by atoms with Crippen LogP contribution < -0.4 is 15.4 Å². The molecule has 0 spiro atoms. The third kappa shape index (κ3) is 4.69. The minimum atomic E-state index is -0.278. The lowest BCUT2D eigenvalue weighted by Crippen LogP contribution is -2.14. The Morgan fingerprint density at radius 2 is 1.39 bits per heavy atom. The van der Waals surface area contributed by atoms with Crippen LogP contribution in [0.1, 0.15) is 26.3 Å². The largest absolute Gasteiger partial charge is 0.497 e. The summed E-state index contributed by atoms with van der Waals surface area (Å²) >= 11 is 6.08. The van der Waals surface area contributed by atoms with Gasteiger partial charge in [-0.25, -0.2) is 0 Å². The highest BCUT2D eigenvalue weighted by Gasteiger charge is 2.10. The predicted molar refractivity (Wildman–Crippen MR) is 112 cm³/mol. The summed E-state index contributed by atoms with van der Waals surface area (Å²) in [6.07, 6.45) is 0. The van der Waals surface area contributed by atoms with Gasteiger partial charge in [-0.15, -0.1) is 0 Å². The van der Waals surface area contributed by atoms with Gasteiger partial charge in [0.25, 0.3) is 11.8 Å². The second-order valence-corrected chi connectivity index (χ2v) is 6.59. The number of carbonyl (C=O) groups excluding carboxylic acids is 2. The number of aryl methyl sites for hydroxylation is 1. The van der Waals surface area contributed by atoms with Crippen molar-refractivity contribution in [3.05, 3.63) is 88.4 Å². The van der Waals surface area contributed by atoms with Crippen molar-refractivity contribution in [3.63, 3.8) is 0 Å². The molecule has 0 unspecified atom stereocenters. The van der Waals surface area contributed by atoms with Crippen LogP contribution in [0.3, 0.4) is 0 Å². The molecule has 0 heterocycles. The van der Waals surface area contributed by atoms with E-state index in [2.05, 4.69) is 10.6 Å². The fourth-order valence-corrected chi connectivity index (χ4v) is 2.73. The minimum absolute atomic E-state index is 0.273. The summed E-state index contributed by atoms with van der Waals surface area (Å²) in [5, 5.41) is 6.17. The SMILES string of the molecule is COc1cccc(NC(=O)c2ccc(C(=O)Nc3ccc(C)c(Cl)c3)cc2)c1. The number of benzene rings is 3. The summed E-state index contributed by atoms with van der Waals surface area (Å²) in [6.45, 7) is 1.89. The van der Waals surface area contributed by atoms with Crippen molar-refractivity contribution in [1.29, 1.82) is 0 Å². The van der Waals surface area contributed by atoms with Crippen LogP contribution in [0.4, 0.5) is 11.4 Å². The maximum Gasteiger partial charge on any atom is 0.255 e. The molecule has 2 amide bonds. The second-order valence-electron chi connectivity index (χ2n) is 6.18.